The van der Waals surface area contributed by atoms with E-state index in [0.29, 0.717) is 22.8 Å². The molecule has 0 bridgehead atoms. The molecular formula is C20H17N5O. The molecule has 0 saturated carbocycles. The van der Waals surface area contributed by atoms with Gasteiger partial charge < -0.3 is 10.6 Å². The smallest absolute Gasteiger partial charge is 0.258 e. The van der Waals surface area contributed by atoms with Crippen LogP contribution in [0.2, 0.25) is 0 Å². The Labute approximate surface area is 151 Å². The summed E-state index contributed by atoms with van der Waals surface area (Å²) in [4.78, 5) is 20.8. The lowest BCUT2D eigenvalue weighted by molar-refractivity contribution is 0.102. The summed E-state index contributed by atoms with van der Waals surface area (Å²) in [5.41, 5.74) is 4.24. The van der Waals surface area contributed by atoms with Crippen molar-refractivity contribution >= 4 is 23.2 Å². The Morgan fingerprint density at radius 2 is 1.65 bits per heavy atom. The molecule has 0 unspecified atom stereocenters. The number of hydrogen-bond donors (Lipinski definition) is 2. The average molecular weight is 343 g/mol. The minimum atomic E-state index is -0.272. The Hall–Kier alpha value is -3.72. The van der Waals surface area contributed by atoms with E-state index in [2.05, 4.69) is 26.7 Å². The fraction of sp³-hybridized carbons (Fsp3) is 0.100. The van der Waals surface area contributed by atoms with Crippen LogP contribution in [0.25, 0.3) is 0 Å². The number of nitrogens with one attached hydrogen (secondary N) is 2. The van der Waals surface area contributed by atoms with Crippen LogP contribution in [-0.2, 0) is 0 Å². The first-order valence-electron chi connectivity index (χ1n) is 8.04. The second kappa shape index (κ2) is 7.45. The van der Waals surface area contributed by atoms with Crippen molar-refractivity contribution in [2.24, 2.45) is 0 Å². The Bertz CT molecular complexity index is 970. The zero-order valence-corrected chi connectivity index (χ0v) is 14.4. The van der Waals surface area contributed by atoms with Gasteiger partial charge in [-0.15, -0.1) is 0 Å². The third kappa shape index (κ3) is 3.68. The van der Waals surface area contributed by atoms with E-state index in [4.69, 9.17) is 5.26 Å². The van der Waals surface area contributed by atoms with Crippen molar-refractivity contribution < 1.29 is 4.79 Å². The van der Waals surface area contributed by atoms with Gasteiger partial charge in [-0.05, 0) is 37.1 Å². The number of nitriles is 1. The van der Waals surface area contributed by atoms with E-state index in [1.807, 2.05) is 38.1 Å². The fourth-order valence-corrected chi connectivity index (χ4v) is 2.52. The maximum absolute atomic E-state index is 12.4. The van der Waals surface area contributed by atoms with Crippen LogP contribution in [0, 0.1) is 25.2 Å². The van der Waals surface area contributed by atoms with Crippen LogP contribution < -0.4 is 10.6 Å². The molecule has 0 fully saturated rings. The van der Waals surface area contributed by atoms with Crippen LogP contribution in [0.5, 0.6) is 0 Å². The molecule has 0 saturated heterocycles. The lowest BCUT2D eigenvalue weighted by atomic mass is 10.1. The highest BCUT2D eigenvalue weighted by molar-refractivity contribution is 6.04. The molecule has 6 heteroatoms. The molecule has 1 amide bonds. The van der Waals surface area contributed by atoms with E-state index < -0.39 is 0 Å². The first-order valence-corrected chi connectivity index (χ1v) is 8.04. The molecule has 0 aliphatic carbocycles. The van der Waals surface area contributed by atoms with Crippen molar-refractivity contribution in [1.29, 1.82) is 5.26 Å². The van der Waals surface area contributed by atoms with Crippen LogP contribution in [0.4, 0.5) is 17.3 Å². The van der Waals surface area contributed by atoms with Gasteiger partial charge in [0.05, 0.1) is 16.8 Å². The molecule has 1 heterocycles. The van der Waals surface area contributed by atoms with Crippen LogP contribution >= 0.6 is 0 Å². The molecule has 0 radical (unpaired) electrons. The molecular weight excluding hydrogens is 326 g/mol. The van der Waals surface area contributed by atoms with E-state index in [1.165, 1.54) is 12.4 Å². The molecule has 26 heavy (non-hydrogen) atoms. The first kappa shape index (κ1) is 17.1. The number of para-hydroxylation sites is 2. The van der Waals surface area contributed by atoms with Gasteiger partial charge in [-0.3, -0.25) is 4.79 Å². The maximum Gasteiger partial charge on any atom is 0.258 e. The number of carbonyl (C=O) groups excluding carboxylic acids is 1. The van der Waals surface area contributed by atoms with Gasteiger partial charge in [0.25, 0.3) is 5.91 Å². The van der Waals surface area contributed by atoms with Crippen molar-refractivity contribution in [2.45, 2.75) is 13.8 Å². The van der Waals surface area contributed by atoms with E-state index in [0.717, 1.165) is 16.8 Å². The summed E-state index contributed by atoms with van der Waals surface area (Å²) in [7, 11) is 0. The highest BCUT2D eigenvalue weighted by Crippen LogP contribution is 2.21. The predicted octanol–water partition coefficient (Wildman–Crippen LogP) is 3.96. The largest absolute Gasteiger partial charge is 0.323 e. The van der Waals surface area contributed by atoms with Crippen LogP contribution in [0.1, 0.15) is 27.0 Å². The normalized spacial score (nSPS) is 10.0. The summed E-state index contributed by atoms with van der Waals surface area (Å²) in [6, 6.07) is 15.0. The van der Waals surface area contributed by atoms with Crippen molar-refractivity contribution in [3.05, 3.63) is 77.1 Å². The molecule has 0 aliphatic rings. The van der Waals surface area contributed by atoms with E-state index in [1.54, 1.807) is 18.2 Å². The van der Waals surface area contributed by atoms with Crippen LogP contribution in [0.15, 0.2) is 54.9 Å². The van der Waals surface area contributed by atoms with Crippen molar-refractivity contribution in [3.63, 3.8) is 0 Å². The number of aryl methyl sites for hydroxylation is 2. The molecule has 2 N–H and O–H groups in total. The molecule has 3 aromatic rings. The Morgan fingerprint density at radius 3 is 2.31 bits per heavy atom. The third-order valence-electron chi connectivity index (χ3n) is 3.93. The van der Waals surface area contributed by atoms with Crippen molar-refractivity contribution in [1.82, 2.24) is 9.97 Å². The van der Waals surface area contributed by atoms with Gasteiger partial charge in [-0.1, -0.05) is 30.3 Å². The van der Waals surface area contributed by atoms with Crippen molar-refractivity contribution in [2.75, 3.05) is 10.6 Å². The molecule has 0 aliphatic heterocycles. The number of carbonyl (C=O) groups is 1. The number of hydrogen-bond acceptors (Lipinski definition) is 5. The van der Waals surface area contributed by atoms with Gasteiger partial charge in [0.1, 0.15) is 6.07 Å². The number of aromatic nitrogens is 2. The van der Waals surface area contributed by atoms with Gasteiger partial charge in [0, 0.05) is 18.1 Å². The predicted molar refractivity (Wildman–Crippen MR) is 100 cm³/mol. The minimum Gasteiger partial charge on any atom is -0.323 e. The molecule has 1 aromatic heterocycles. The van der Waals surface area contributed by atoms with Gasteiger partial charge >= 0.3 is 0 Å². The zero-order valence-electron chi connectivity index (χ0n) is 14.4. The first-order chi connectivity index (χ1) is 12.6. The summed E-state index contributed by atoms with van der Waals surface area (Å²) >= 11 is 0. The number of benzene rings is 2. The highest BCUT2D eigenvalue weighted by Gasteiger charge is 2.11. The van der Waals surface area contributed by atoms with Crippen molar-refractivity contribution in [3.8, 4) is 6.07 Å². The van der Waals surface area contributed by atoms with Crippen LogP contribution in [-0.4, -0.2) is 15.9 Å². The Balaban J connectivity index is 1.75. The lowest BCUT2D eigenvalue weighted by Gasteiger charge is -2.11. The summed E-state index contributed by atoms with van der Waals surface area (Å²) < 4.78 is 0. The molecule has 3 rings (SSSR count). The van der Waals surface area contributed by atoms with E-state index in [-0.39, 0.29) is 5.91 Å². The second-order valence-corrected chi connectivity index (χ2v) is 5.80. The maximum atomic E-state index is 12.4. The zero-order chi connectivity index (χ0) is 18.5. The number of rotatable bonds is 4. The summed E-state index contributed by atoms with van der Waals surface area (Å²) in [6.45, 7) is 3.89. The topological polar surface area (TPSA) is 90.7 Å². The monoisotopic (exact) mass is 343 g/mol. The Morgan fingerprint density at radius 1 is 1.00 bits per heavy atom. The SMILES string of the molecule is Cc1cccc(C)c1NC(=O)c1cnc(Nc2ccccc2C#N)nc1. The molecule has 128 valence electrons. The number of amides is 1. The Kier molecular flexibility index (Phi) is 4.90. The third-order valence-corrected chi connectivity index (χ3v) is 3.93. The van der Waals surface area contributed by atoms with Crippen LogP contribution in [0.3, 0.4) is 0 Å². The van der Waals surface area contributed by atoms with Gasteiger partial charge in [0.2, 0.25) is 5.95 Å². The minimum absolute atomic E-state index is 0.272. The highest BCUT2D eigenvalue weighted by atomic mass is 16.1. The fourth-order valence-electron chi connectivity index (χ4n) is 2.52. The summed E-state index contributed by atoms with van der Waals surface area (Å²) in [5.74, 6) is 0.0442. The average Bonchev–Trinajstić information content (AvgIpc) is 2.66. The lowest BCUT2D eigenvalue weighted by Crippen LogP contribution is -2.14. The molecule has 2 aromatic carbocycles. The molecule has 0 spiro atoms. The quantitative estimate of drug-likeness (QED) is 0.748. The van der Waals surface area contributed by atoms with Gasteiger partial charge in [-0.25, -0.2) is 9.97 Å². The molecule has 0 atom stereocenters. The second-order valence-electron chi connectivity index (χ2n) is 5.80. The van der Waals surface area contributed by atoms with Gasteiger partial charge in [0.15, 0.2) is 0 Å². The summed E-state index contributed by atoms with van der Waals surface area (Å²) in [5, 5.41) is 15.0. The molecule has 6 nitrogen and oxygen atoms in total. The standard InChI is InChI=1S/C20H17N5O/c1-13-6-5-7-14(2)18(13)25-19(26)16-11-22-20(23-12-16)24-17-9-4-3-8-15(17)10-21/h3-9,11-12H,1-2H3,(H,25,26)(H,22,23,24). The number of nitrogens with zero attached hydrogens (tertiary/aromatic N) is 3. The summed E-state index contributed by atoms with van der Waals surface area (Å²) in [6.07, 6.45) is 2.90. The van der Waals surface area contributed by atoms with E-state index in [9.17, 15) is 4.79 Å². The van der Waals surface area contributed by atoms with Gasteiger partial charge in [-0.2, -0.15) is 5.26 Å². The number of anilines is 3. The van der Waals surface area contributed by atoms with E-state index >= 15 is 0 Å².